The number of aromatic nitrogens is 4. The highest BCUT2D eigenvalue weighted by Gasteiger charge is 2.35. The van der Waals surface area contributed by atoms with E-state index in [1.807, 2.05) is 60.4 Å². The van der Waals surface area contributed by atoms with E-state index in [0.29, 0.717) is 35.0 Å². The molecule has 9 heteroatoms. The van der Waals surface area contributed by atoms with Crippen LogP contribution in [0.25, 0.3) is 17.0 Å². The second kappa shape index (κ2) is 9.46. The van der Waals surface area contributed by atoms with Crippen molar-refractivity contribution in [3.63, 3.8) is 0 Å². The predicted octanol–water partition coefficient (Wildman–Crippen LogP) is 4.16. The minimum atomic E-state index is -0.517. The topological polar surface area (TPSA) is 118 Å². The van der Waals surface area contributed by atoms with Crippen LogP contribution < -0.4 is 0 Å². The summed E-state index contributed by atoms with van der Waals surface area (Å²) in [7, 11) is 0. The fourth-order valence-electron chi connectivity index (χ4n) is 4.45. The average molecular weight is 469 g/mol. The zero-order chi connectivity index (χ0) is 24.4. The number of benzene rings is 2. The normalized spacial score (nSPS) is 17.8. The molecule has 5 rings (SSSR count). The second-order valence-corrected chi connectivity index (χ2v) is 8.52. The molecule has 3 heterocycles. The van der Waals surface area contributed by atoms with Crippen LogP contribution in [0.3, 0.4) is 0 Å². The molecule has 1 N–H and O–H groups in total. The highest BCUT2D eigenvalue weighted by molar-refractivity contribution is 6.34. The Hall–Kier alpha value is -4.40. The molecule has 1 aliphatic rings. The van der Waals surface area contributed by atoms with Crippen molar-refractivity contribution in [2.75, 3.05) is 6.54 Å². The quantitative estimate of drug-likeness (QED) is 0.335. The summed E-state index contributed by atoms with van der Waals surface area (Å²) in [6.45, 7) is 2.42. The first-order valence-electron chi connectivity index (χ1n) is 11.4. The van der Waals surface area contributed by atoms with E-state index in [0.717, 1.165) is 19.1 Å². The molecule has 2 aromatic carbocycles. The van der Waals surface area contributed by atoms with Crippen LogP contribution in [0.1, 0.15) is 52.4 Å². The van der Waals surface area contributed by atoms with E-state index in [9.17, 15) is 9.59 Å². The Kier molecular flexibility index (Phi) is 6.05. The Morgan fingerprint density at radius 3 is 2.49 bits per heavy atom. The third-order valence-electron chi connectivity index (χ3n) is 6.30. The van der Waals surface area contributed by atoms with Crippen LogP contribution >= 0.6 is 0 Å². The van der Waals surface area contributed by atoms with E-state index in [1.54, 1.807) is 18.5 Å². The molecule has 176 valence electrons. The van der Waals surface area contributed by atoms with E-state index in [1.165, 1.54) is 4.80 Å². The monoisotopic (exact) mass is 468 g/mol. The first kappa shape index (κ1) is 22.4. The van der Waals surface area contributed by atoms with Gasteiger partial charge in [0.2, 0.25) is 11.7 Å². The minimum Gasteiger partial charge on any atom is -0.440 e. The molecule has 1 fully saturated rings. The van der Waals surface area contributed by atoms with Crippen LogP contribution in [0.15, 0.2) is 71.4 Å². The lowest BCUT2D eigenvalue weighted by molar-refractivity contribution is 0.0596. The van der Waals surface area contributed by atoms with Crippen molar-refractivity contribution in [3.05, 3.63) is 84.1 Å². The Bertz CT molecular complexity index is 1360. The number of rotatable bonds is 6. The largest absolute Gasteiger partial charge is 0.440 e. The number of Topliss-reactive ketones (excluding diaryl/α,β-unsaturated/α-hetero) is 1. The van der Waals surface area contributed by atoms with Crippen molar-refractivity contribution < 1.29 is 14.0 Å². The predicted molar refractivity (Wildman–Crippen MR) is 129 cm³/mol. The van der Waals surface area contributed by atoms with Crippen LogP contribution in [-0.4, -0.2) is 55.4 Å². The van der Waals surface area contributed by atoms with Gasteiger partial charge >= 0.3 is 0 Å². The van der Waals surface area contributed by atoms with Crippen molar-refractivity contribution in [1.29, 1.82) is 5.41 Å². The Morgan fingerprint density at radius 2 is 1.74 bits per heavy atom. The number of para-hydroxylation sites is 1. The summed E-state index contributed by atoms with van der Waals surface area (Å²) in [6, 6.07) is 16.5. The average Bonchev–Trinajstić information content (AvgIpc) is 3.60. The third-order valence-corrected chi connectivity index (χ3v) is 6.30. The van der Waals surface area contributed by atoms with E-state index in [4.69, 9.17) is 9.83 Å². The highest BCUT2D eigenvalue weighted by atomic mass is 16.4. The van der Waals surface area contributed by atoms with E-state index < -0.39 is 5.78 Å². The summed E-state index contributed by atoms with van der Waals surface area (Å²) in [6.07, 6.45) is 5.41. The Morgan fingerprint density at radius 1 is 1.03 bits per heavy atom. The van der Waals surface area contributed by atoms with Gasteiger partial charge in [0.25, 0.3) is 5.91 Å². The molecule has 35 heavy (non-hydrogen) atoms. The van der Waals surface area contributed by atoms with Crippen LogP contribution in [0, 0.1) is 5.41 Å². The second-order valence-electron chi connectivity index (χ2n) is 8.52. The zero-order valence-corrected chi connectivity index (χ0v) is 19.2. The fraction of sp³-hybridized carbons (Fsp3) is 0.231. The van der Waals surface area contributed by atoms with Gasteiger partial charge in [-0.15, -0.1) is 0 Å². The standard InChI is InChI=1S/C26H24N6O3/c1-17-11-12-19(25-30-23(22(33)15-27)24(35-25)18-7-3-2-4-8-18)16-31(17)26(34)20-9-5-6-10-21(20)32-28-13-14-29-32/h2-10,13-15,17,19,27H,11-12,16H2,1H3. The van der Waals surface area contributed by atoms with Gasteiger partial charge in [-0.2, -0.15) is 15.0 Å². The van der Waals surface area contributed by atoms with Gasteiger partial charge in [-0.1, -0.05) is 42.5 Å². The molecular formula is C26H24N6O3. The Labute approximate surface area is 201 Å². The number of likely N-dealkylation sites (tertiary alicyclic amines) is 1. The molecule has 0 bridgehead atoms. The number of nitrogens with one attached hydrogen (secondary N) is 1. The highest BCUT2D eigenvalue weighted by Crippen LogP contribution is 2.35. The van der Waals surface area contributed by atoms with Crippen molar-refractivity contribution in [3.8, 4) is 17.0 Å². The van der Waals surface area contributed by atoms with Gasteiger partial charge in [0, 0.05) is 18.2 Å². The first-order chi connectivity index (χ1) is 17.1. The summed E-state index contributed by atoms with van der Waals surface area (Å²) >= 11 is 0. The maximum atomic E-state index is 13.7. The van der Waals surface area contributed by atoms with Crippen LogP contribution in [0.2, 0.25) is 0 Å². The van der Waals surface area contributed by atoms with E-state index in [-0.39, 0.29) is 23.6 Å². The van der Waals surface area contributed by atoms with E-state index in [2.05, 4.69) is 15.2 Å². The number of ketones is 1. The number of hydrogen-bond donors (Lipinski definition) is 1. The van der Waals surface area contributed by atoms with Gasteiger partial charge in [-0.3, -0.25) is 9.59 Å². The number of carbonyl (C=O) groups excluding carboxylic acids is 2. The summed E-state index contributed by atoms with van der Waals surface area (Å²) in [5, 5.41) is 15.8. The van der Waals surface area contributed by atoms with Gasteiger partial charge in [0.05, 0.1) is 35.8 Å². The number of hydrogen-bond acceptors (Lipinski definition) is 7. The summed E-state index contributed by atoms with van der Waals surface area (Å²) in [4.78, 5) is 33.9. The molecule has 2 aromatic heterocycles. The van der Waals surface area contributed by atoms with Gasteiger partial charge in [-0.05, 0) is 31.9 Å². The van der Waals surface area contributed by atoms with Crippen molar-refractivity contribution in [2.45, 2.75) is 31.7 Å². The lowest BCUT2D eigenvalue weighted by Gasteiger charge is -2.37. The van der Waals surface area contributed by atoms with E-state index >= 15 is 0 Å². The van der Waals surface area contributed by atoms with Crippen molar-refractivity contribution in [1.82, 2.24) is 24.9 Å². The van der Waals surface area contributed by atoms with Crippen LogP contribution in [0.4, 0.5) is 0 Å². The molecule has 0 saturated carbocycles. The number of amides is 1. The molecule has 1 saturated heterocycles. The number of piperidine rings is 1. The zero-order valence-electron chi connectivity index (χ0n) is 19.2. The Balaban J connectivity index is 1.47. The first-order valence-corrected chi connectivity index (χ1v) is 11.4. The third kappa shape index (κ3) is 4.28. The molecule has 1 amide bonds. The molecule has 9 nitrogen and oxygen atoms in total. The summed E-state index contributed by atoms with van der Waals surface area (Å²) in [5.74, 6) is -0.0706. The van der Waals surface area contributed by atoms with Gasteiger partial charge in [0.1, 0.15) is 0 Å². The summed E-state index contributed by atoms with van der Waals surface area (Å²) < 4.78 is 6.12. The van der Waals surface area contributed by atoms with Gasteiger partial charge in [-0.25, -0.2) is 4.98 Å². The molecule has 2 unspecified atom stereocenters. The molecule has 4 aromatic rings. The van der Waals surface area contributed by atoms with Gasteiger partial charge in [0.15, 0.2) is 11.5 Å². The van der Waals surface area contributed by atoms with Gasteiger partial charge < -0.3 is 14.7 Å². The minimum absolute atomic E-state index is 0.0172. The van der Waals surface area contributed by atoms with Crippen molar-refractivity contribution in [2.24, 2.45) is 0 Å². The number of carbonyl (C=O) groups is 2. The smallest absolute Gasteiger partial charge is 0.256 e. The molecule has 0 radical (unpaired) electrons. The molecule has 0 aliphatic carbocycles. The molecule has 0 spiro atoms. The fourth-order valence-corrected chi connectivity index (χ4v) is 4.45. The molecule has 1 aliphatic heterocycles. The van der Waals surface area contributed by atoms with Crippen LogP contribution in [0.5, 0.6) is 0 Å². The number of nitrogens with zero attached hydrogens (tertiary/aromatic N) is 5. The molecule has 2 atom stereocenters. The number of oxazole rings is 1. The lowest BCUT2D eigenvalue weighted by atomic mass is 9.92. The van der Waals surface area contributed by atoms with Crippen molar-refractivity contribution >= 4 is 17.9 Å². The SMILES string of the molecule is CC1CCC(c2nc(C(=O)C=N)c(-c3ccccc3)o2)CN1C(=O)c1ccccc1-n1nccn1. The molecular weight excluding hydrogens is 444 g/mol. The summed E-state index contributed by atoms with van der Waals surface area (Å²) in [5.41, 5.74) is 1.95. The van der Waals surface area contributed by atoms with Crippen LogP contribution in [-0.2, 0) is 0 Å². The lowest BCUT2D eigenvalue weighted by Crippen LogP contribution is -2.45. The maximum absolute atomic E-state index is 13.7. The maximum Gasteiger partial charge on any atom is 0.256 e.